The van der Waals surface area contributed by atoms with Crippen LogP contribution in [0.4, 0.5) is 0 Å². The van der Waals surface area contributed by atoms with E-state index in [2.05, 4.69) is 32.2 Å². The number of sulfonamides is 1. The van der Waals surface area contributed by atoms with Crippen molar-refractivity contribution in [3.63, 3.8) is 0 Å². The summed E-state index contributed by atoms with van der Waals surface area (Å²) in [6.45, 7) is 13.5. The van der Waals surface area contributed by atoms with Crippen LogP contribution in [0.5, 0.6) is 0 Å². The summed E-state index contributed by atoms with van der Waals surface area (Å²) in [5.74, 6) is 0. The standard InChI is InChI=1S/C18H19NO2S.C11H12O/c1-4-18(3)17(15-8-6-5-7-9-15)19(18)22(20,21)16-12-10-14(2)11-13-16;1-3-11(2)10(12-11)9-7-5-4-6-8-9/h4-13,17H,1H2,2-3H3;3-8,10H,1H2,2H3. The summed E-state index contributed by atoms with van der Waals surface area (Å²) >= 11 is 0. The van der Waals surface area contributed by atoms with Gasteiger partial charge in [0, 0.05) is 0 Å². The second kappa shape index (κ2) is 8.99. The van der Waals surface area contributed by atoms with Gasteiger partial charge < -0.3 is 4.74 Å². The second-order valence-corrected chi connectivity index (χ2v) is 11.0. The molecule has 0 aromatic heterocycles. The molecule has 2 fully saturated rings. The molecule has 0 spiro atoms. The first kappa shape index (κ1) is 24.1. The smallest absolute Gasteiger partial charge is 0.244 e. The van der Waals surface area contributed by atoms with Crippen molar-refractivity contribution in [2.45, 2.75) is 49.0 Å². The Morgan fingerprint density at radius 2 is 1.35 bits per heavy atom. The topological polar surface area (TPSA) is 49.7 Å². The lowest BCUT2D eigenvalue weighted by atomic mass is 10.0. The maximum Gasteiger partial charge on any atom is 0.244 e. The van der Waals surface area contributed by atoms with Crippen LogP contribution in [0.15, 0.2) is 115 Å². The molecule has 0 radical (unpaired) electrons. The van der Waals surface area contributed by atoms with Crippen molar-refractivity contribution < 1.29 is 13.2 Å². The zero-order valence-electron chi connectivity index (χ0n) is 19.9. The van der Waals surface area contributed by atoms with Gasteiger partial charge in [0.25, 0.3) is 0 Å². The van der Waals surface area contributed by atoms with Crippen LogP contribution >= 0.6 is 0 Å². The highest BCUT2D eigenvalue weighted by Crippen LogP contribution is 2.57. The molecule has 0 saturated carbocycles. The Kier molecular flexibility index (Phi) is 6.38. The van der Waals surface area contributed by atoms with Crippen molar-refractivity contribution in [3.8, 4) is 0 Å². The number of hydrogen-bond donors (Lipinski definition) is 0. The first-order valence-electron chi connectivity index (χ1n) is 11.3. The van der Waals surface area contributed by atoms with E-state index >= 15 is 0 Å². The van der Waals surface area contributed by atoms with Gasteiger partial charge in [-0.1, -0.05) is 90.5 Å². The van der Waals surface area contributed by atoms with Crippen LogP contribution in [0.2, 0.25) is 0 Å². The highest BCUT2D eigenvalue weighted by molar-refractivity contribution is 7.89. The van der Waals surface area contributed by atoms with E-state index in [-0.39, 0.29) is 17.7 Å². The predicted octanol–water partition coefficient (Wildman–Crippen LogP) is 6.39. The van der Waals surface area contributed by atoms with Gasteiger partial charge in [-0.25, -0.2) is 8.42 Å². The zero-order valence-corrected chi connectivity index (χ0v) is 20.7. The first-order chi connectivity index (χ1) is 16.2. The van der Waals surface area contributed by atoms with Crippen molar-refractivity contribution >= 4 is 10.0 Å². The number of hydrogen-bond acceptors (Lipinski definition) is 3. The molecule has 2 heterocycles. The number of benzene rings is 3. The number of nitrogens with zero attached hydrogens (tertiary/aromatic N) is 1. The molecule has 3 aromatic rings. The normalized spacial score (nSPS) is 29.3. The number of rotatable bonds is 6. The lowest BCUT2D eigenvalue weighted by molar-refractivity contribution is 0.345. The molecule has 176 valence electrons. The second-order valence-electron chi connectivity index (χ2n) is 9.15. The zero-order chi connectivity index (χ0) is 24.6. The Morgan fingerprint density at radius 3 is 1.82 bits per heavy atom. The van der Waals surface area contributed by atoms with Crippen LogP contribution in [0.1, 0.15) is 42.7 Å². The summed E-state index contributed by atoms with van der Waals surface area (Å²) in [5.41, 5.74) is 2.56. The highest BCUT2D eigenvalue weighted by Gasteiger charge is 2.64. The first-order valence-corrected chi connectivity index (χ1v) is 12.8. The van der Waals surface area contributed by atoms with Crippen LogP contribution in [0.3, 0.4) is 0 Å². The van der Waals surface area contributed by atoms with E-state index in [1.165, 1.54) is 9.87 Å². The van der Waals surface area contributed by atoms with Gasteiger partial charge in [0.2, 0.25) is 10.0 Å². The fraction of sp³-hybridized carbons (Fsp3) is 0.241. The maximum absolute atomic E-state index is 12.9. The van der Waals surface area contributed by atoms with Crippen LogP contribution in [0, 0.1) is 6.92 Å². The molecule has 0 amide bonds. The Bertz CT molecular complexity index is 1270. The van der Waals surface area contributed by atoms with Crippen LogP contribution in [0.25, 0.3) is 0 Å². The molecule has 2 aliphatic heterocycles. The Hall–Kier alpha value is -2.99. The number of epoxide rings is 1. The van der Waals surface area contributed by atoms with Crippen molar-refractivity contribution in [1.82, 2.24) is 4.31 Å². The van der Waals surface area contributed by atoms with Gasteiger partial charge in [0.15, 0.2) is 0 Å². The highest BCUT2D eigenvalue weighted by atomic mass is 32.2. The predicted molar refractivity (Wildman–Crippen MR) is 137 cm³/mol. The SMILES string of the molecule is C=CC1(C)C(c2ccccc2)N1S(=O)(=O)c1ccc(C)cc1.C=CC1(C)OC1c1ccccc1. The van der Waals surface area contributed by atoms with E-state index in [1.807, 2.05) is 80.6 Å². The van der Waals surface area contributed by atoms with E-state index in [4.69, 9.17) is 4.74 Å². The molecular weight excluding hydrogens is 442 g/mol. The average molecular weight is 474 g/mol. The monoisotopic (exact) mass is 473 g/mol. The van der Waals surface area contributed by atoms with Gasteiger partial charge in [-0.15, -0.1) is 13.2 Å². The van der Waals surface area contributed by atoms with Crippen LogP contribution < -0.4 is 0 Å². The molecule has 0 aliphatic carbocycles. The largest absolute Gasteiger partial charge is 0.357 e. The van der Waals surface area contributed by atoms with E-state index in [0.717, 1.165) is 11.1 Å². The minimum absolute atomic E-state index is 0.124. The summed E-state index contributed by atoms with van der Waals surface area (Å²) in [5, 5.41) is 0. The average Bonchev–Trinajstić information content (AvgIpc) is 3.74. The fourth-order valence-electron chi connectivity index (χ4n) is 4.31. The summed E-state index contributed by atoms with van der Waals surface area (Å²) in [7, 11) is -3.54. The molecule has 5 heteroatoms. The van der Waals surface area contributed by atoms with Crippen molar-refractivity contribution in [2.75, 3.05) is 0 Å². The molecule has 3 aromatic carbocycles. The minimum atomic E-state index is -3.54. The Labute approximate surface area is 203 Å². The van der Waals surface area contributed by atoms with E-state index in [9.17, 15) is 8.42 Å². The minimum Gasteiger partial charge on any atom is -0.357 e. The summed E-state index contributed by atoms with van der Waals surface area (Å²) < 4.78 is 32.9. The third kappa shape index (κ3) is 4.39. The molecule has 4 nitrogen and oxygen atoms in total. The van der Waals surface area contributed by atoms with Gasteiger partial charge >= 0.3 is 0 Å². The molecule has 0 N–H and O–H groups in total. The molecule has 5 atom stereocenters. The molecule has 0 bridgehead atoms. The van der Waals surface area contributed by atoms with Gasteiger partial charge in [-0.2, -0.15) is 4.31 Å². The van der Waals surface area contributed by atoms with Crippen LogP contribution in [-0.4, -0.2) is 23.9 Å². The lowest BCUT2D eigenvalue weighted by Crippen LogP contribution is -2.19. The van der Waals surface area contributed by atoms with Crippen molar-refractivity contribution in [1.29, 1.82) is 0 Å². The molecular formula is C29H31NO3S. The Balaban J connectivity index is 0.000000192. The number of ether oxygens (including phenoxy) is 1. The lowest BCUT2D eigenvalue weighted by Gasteiger charge is -2.09. The molecule has 5 unspecified atom stereocenters. The van der Waals surface area contributed by atoms with Crippen molar-refractivity contribution in [3.05, 3.63) is 127 Å². The van der Waals surface area contributed by atoms with Crippen LogP contribution in [-0.2, 0) is 14.8 Å². The summed E-state index contributed by atoms with van der Waals surface area (Å²) in [6.07, 6.45) is 3.80. The third-order valence-corrected chi connectivity index (χ3v) is 8.63. The molecule has 2 aliphatic rings. The fourth-order valence-corrected chi connectivity index (χ4v) is 6.27. The van der Waals surface area contributed by atoms with E-state index in [0.29, 0.717) is 4.90 Å². The number of aryl methyl sites for hydroxylation is 1. The van der Waals surface area contributed by atoms with Gasteiger partial charge in [0.1, 0.15) is 11.7 Å². The van der Waals surface area contributed by atoms with E-state index < -0.39 is 15.6 Å². The third-order valence-electron chi connectivity index (χ3n) is 6.64. The quantitative estimate of drug-likeness (QED) is 0.308. The Morgan fingerprint density at radius 1 is 0.824 bits per heavy atom. The van der Waals surface area contributed by atoms with Crippen molar-refractivity contribution in [2.24, 2.45) is 0 Å². The molecule has 5 rings (SSSR count). The maximum atomic E-state index is 12.9. The molecule has 34 heavy (non-hydrogen) atoms. The van der Waals surface area contributed by atoms with Gasteiger partial charge in [-0.3, -0.25) is 0 Å². The van der Waals surface area contributed by atoms with Gasteiger partial charge in [0.05, 0.1) is 16.5 Å². The molecule has 2 saturated heterocycles. The van der Waals surface area contributed by atoms with Gasteiger partial charge in [-0.05, 0) is 44.0 Å². The van der Waals surface area contributed by atoms with E-state index in [1.54, 1.807) is 18.2 Å². The summed E-state index contributed by atoms with van der Waals surface area (Å²) in [6, 6.07) is 26.7. The summed E-state index contributed by atoms with van der Waals surface area (Å²) in [4.78, 5) is 0.324.